The number of benzene rings is 1. The van der Waals surface area contributed by atoms with Crippen LogP contribution in [-0.4, -0.2) is 34.8 Å². The Labute approximate surface area is 134 Å². The number of amides is 1. The number of carbonyl (C=O) groups excluding carboxylic acids is 1. The molecule has 2 rings (SSSR count). The Hall–Kier alpha value is -3.04. The lowest BCUT2D eigenvalue weighted by Crippen LogP contribution is -2.14. The summed E-state index contributed by atoms with van der Waals surface area (Å²) in [6.07, 6.45) is -3.13. The largest absolute Gasteiger partial charge is 0.493 e. The van der Waals surface area contributed by atoms with Gasteiger partial charge in [-0.25, -0.2) is 0 Å². The number of aromatic nitrogens is 3. The Morgan fingerprint density at radius 1 is 1.42 bits per heavy atom. The highest BCUT2D eigenvalue weighted by atomic mass is 19.4. The van der Waals surface area contributed by atoms with Gasteiger partial charge in [-0.15, -0.1) is 5.10 Å². The number of aromatic amines is 1. The van der Waals surface area contributed by atoms with Gasteiger partial charge in [-0.3, -0.25) is 15.2 Å². The Morgan fingerprint density at radius 2 is 2.17 bits per heavy atom. The van der Waals surface area contributed by atoms with Crippen molar-refractivity contribution in [3.63, 3.8) is 0 Å². The predicted octanol–water partition coefficient (Wildman–Crippen LogP) is 2.65. The van der Waals surface area contributed by atoms with E-state index in [1.165, 1.54) is 25.3 Å². The average molecular weight is 342 g/mol. The third kappa shape index (κ3) is 4.03. The molecule has 1 aromatic heterocycles. The predicted molar refractivity (Wildman–Crippen MR) is 78.0 cm³/mol. The number of anilines is 1. The van der Waals surface area contributed by atoms with Gasteiger partial charge in [-0.05, 0) is 18.2 Å². The fraction of sp³-hybridized carbons (Fsp3) is 0.214. The number of halogens is 3. The highest BCUT2D eigenvalue weighted by molar-refractivity contribution is 6.03. The van der Waals surface area contributed by atoms with Crippen LogP contribution < -0.4 is 14.8 Å². The topological polar surface area (TPSA) is 89.1 Å². The minimum Gasteiger partial charge on any atom is -0.493 e. The molecule has 1 aromatic carbocycles. The van der Waals surface area contributed by atoms with Crippen molar-refractivity contribution in [3.05, 3.63) is 42.2 Å². The highest BCUT2D eigenvalue weighted by Crippen LogP contribution is 2.29. The first-order chi connectivity index (χ1) is 11.3. The van der Waals surface area contributed by atoms with E-state index in [1.54, 1.807) is 11.2 Å². The molecule has 10 heteroatoms. The van der Waals surface area contributed by atoms with Crippen LogP contribution in [0.1, 0.15) is 16.2 Å². The van der Waals surface area contributed by atoms with Crippen molar-refractivity contribution in [1.82, 2.24) is 15.2 Å². The van der Waals surface area contributed by atoms with E-state index in [-0.39, 0.29) is 17.9 Å². The molecule has 24 heavy (non-hydrogen) atoms. The van der Waals surface area contributed by atoms with E-state index in [1.807, 2.05) is 0 Å². The summed E-state index contributed by atoms with van der Waals surface area (Å²) < 4.78 is 47.7. The van der Waals surface area contributed by atoms with Crippen molar-refractivity contribution < 1.29 is 27.4 Å². The fourth-order valence-electron chi connectivity index (χ4n) is 1.69. The first-order valence-electron chi connectivity index (χ1n) is 6.58. The molecule has 0 aliphatic rings. The quantitative estimate of drug-likeness (QED) is 0.788. The summed E-state index contributed by atoms with van der Waals surface area (Å²) in [7, 11) is 1.39. The van der Waals surface area contributed by atoms with Gasteiger partial charge >= 0.3 is 6.18 Å². The van der Waals surface area contributed by atoms with Crippen LogP contribution in [0.5, 0.6) is 11.5 Å². The summed E-state index contributed by atoms with van der Waals surface area (Å²) in [6.45, 7) is 3.77. The Balaban J connectivity index is 2.14. The summed E-state index contributed by atoms with van der Waals surface area (Å²) in [5, 5.41) is 7.16. The second-order valence-electron chi connectivity index (χ2n) is 4.42. The van der Waals surface area contributed by atoms with E-state index < -0.39 is 23.9 Å². The molecular weight excluding hydrogens is 329 g/mol. The van der Waals surface area contributed by atoms with E-state index in [2.05, 4.69) is 22.0 Å². The maximum absolute atomic E-state index is 12.4. The van der Waals surface area contributed by atoms with Crippen LogP contribution in [0.25, 0.3) is 0 Å². The Bertz CT molecular complexity index is 743. The molecule has 0 fully saturated rings. The Kier molecular flexibility index (Phi) is 5.07. The molecule has 0 aliphatic heterocycles. The first kappa shape index (κ1) is 17.3. The lowest BCUT2D eigenvalue weighted by molar-refractivity contribution is -0.144. The van der Waals surface area contributed by atoms with E-state index >= 15 is 0 Å². The number of H-pyrrole nitrogens is 1. The van der Waals surface area contributed by atoms with Crippen LogP contribution in [0.15, 0.2) is 30.9 Å². The van der Waals surface area contributed by atoms with Crippen LogP contribution in [0.2, 0.25) is 0 Å². The summed E-state index contributed by atoms with van der Waals surface area (Å²) >= 11 is 0. The molecule has 2 N–H and O–H groups in total. The van der Waals surface area contributed by atoms with Crippen LogP contribution >= 0.6 is 0 Å². The van der Waals surface area contributed by atoms with Crippen LogP contribution in [0.4, 0.5) is 19.1 Å². The number of alkyl halides is 3. The van der Waals surface area contributed by atoms with Gasteiger partial charge in [0.05, 0.1) is 7.11 Å². The maximum Gasteiger partial charge on any atom is 0.451 e. The SMILES string of the molecule is C=CCOc1ccc(C(=O)Nc2n[nH]c(C(F)(F)F)n2)cc1OC. The molecular formula is C14H13F3N4O3. The zero-order chi connectivity index (χ0) is 17.7. The molecule has 0 radical (unpaired) electrons. The molecule has 0 aliphatic carbocycles. The first-order valence-corrected chi connectivity index (χ1v) is 6.58. The van der Waals surface area contributed by atoms with Gasteiger partial charge < -0.3 is 9.47 Å². The normalized spacial score (nSPS) is 11.0. The summed E-state index contributed by atoms with van der Waals surface area (Å²) in [5.41, 5.74) is 0.135. The van der Waals surface area contributed by atoms with Crippen molar-refractivity contribution in [2.24, 2.45) is 0 Å². The van der Waals surface area contributed by atoms with Gasteiger partial charge in [0.25, 0.3) is 5.91 Å². The lowest BCUT2D eigenvalue weighted by Gasteiger charge is -2.10. The molecule has 128 valence electrons. The summed E-state index contributed by atoms with van der Waals surface area (Å²) in [4.78, 5) is 15.2. The molecule has 0 spiro atoms. The van der Waals surface area contributed by atoms with Crippen molar-refractivity contribution in [2.45, 2.75) is 6.18 Å². The van der Waals surface area contributed by atoms with E-state index in [9.17, 15) is 18.0 Å². The average Bonchev–Trinajstić information content (AvgIpc) is 3.01. The zero-order valence-electron chi connectivity index (χ0n) is 12.5. The standard InChI is InChI=1S/C14H13F3N4O3/c1-3-6-24-9-5-4-8(7-10(9)23-2)11(22)18-13-19-12(20-21-13)14(15,16)17/h3-5,7H,1,6H2,2H3,(H2,18,19,20,21,22). The van der Waals surface area contributed by atoms with Gasteiger partial charge in [0.2, 0.25) is 11.8 Å². The minimum absolute atomic E-state index is 0.135. The summed E-state index contributed by atoms with van der Waals surface area (Å²) in [6, 6.07) is 4.30. The highest BCUT2D eigenvalue weighted by Gasteiger charge is 2.35. The number of nitrogens with zero attached hydrogens (tertiary/aromatic N) is 2. The van der Waals surface area contributed by atoms with Gasteiger partial charge in [-0.1, -0.05) is 12.7 Å². The van der Waals surface area contributed by atoms with Gasteiger partial charge in [0.15, 0.2) is 11.5 Å². The maximum atomic E-state index is 12.4. The van der Waals surface area contributed by atoms with E-state index in [4.69, 9.17) is 9.47 Å². The number of ether oxygens (including phenoxy) is 2. The van der Waals surface area contributed by atoms with Crippen molar-refractivity contribution >= 4 is 11.9 Å². The number of hydrogen-bond donors (Lipinski definition) is 2. The number of hydrogen-bond acceptors (Lipinski definition) is 5. The second kappa shape index (κ2) is 7.02. The number of carbonyl (C=O) groups is 1. The monoisotopic (exact) mass is 342 g/mol. The molecule has 0 atom stereocenters. The van der Waals surface area contributed by atoms with Gasteiger partial charge in [0, 0.05) is 5.56 Å². The van der Waals surface area contributed by atoms with Crippen molar-refractivity contribution in [1.29, 1.82) is 0 Å². The molecule has 7 nitrogen and oxygen atoms in total. The number of nitrogens with one attached hydrogen (secondary N) is 2. The number of rotatable bonds is 6. The van der Waals surface area contributed by atoms with Gasteiger partial charge in [-0.2, -0.15) is 18.2 Å². The molecule has 1 heterocycles. The molecule has 0 unspecified atom stereocenters. The third-order valence-electron chi connectivity index (χ3n) is 2.76. The zero-order valence-corrected chi connectivity index (χ0v) is 12.5. The van der Waals surface area contributed by atoms with Crippen LogP contribution in [0.3, 0.4) is 0 Å². The fourth-order valence-corrected chi connectivity index (χ4v) is 1.69. The Morgan fingerprint density at radius 3 is 2.75 bits per heavy atom. The second-order valence-corrected chi connectivity index (χ2v) is 4.42. The van der Waals surface area contributed by atoms with Crippen LogP contribution in [0, 0.1) is 0 Å². The van der Waals surface area contributed by atoms with E-state index in [0.717, 1.165) is 0 Å². The van der Waals surface area contributed by atoms with E-state index in [0.29, 0.717) is 5.75 Å². The smallest absolute Gasteiger partial charge is 0.451 e. The van der Waals surface area contributed by atoms with Crippen molar-refractivity contribution in [3.8, 4) is 11.5 Å². The number of methoxy groups -OCH3 is 1. The minimum atomic E-state index is -4.68. The third-order valence-corrected chi connectivity index (χ3v) is 2.76. The molecule has 2 aromatic rings. The van der Waals surface area contributed by atoms with Crippen molar-refractivity contribution in [2.75, 3.05) is 19.0 Å². The molecule has 0 bridgehead atoms. The molecule has 0 saturated carbocycles. The summed E-state index contributed by atoms with van der Waals surface area (Å²) in [5.74, 6) is -1.81. The molecule has 0 saturated heterocycles. The lowest BCUT2D eigenvalue weighted by atomic mass is 10.2. The molecule has 1 amide bonds. The van der Waals surface area contributed by atoms with Gasteiger partial charge in [0.1, 0.15) is 6.61 Å². The van der Waals surface area contributed by atoms with Crippen LogP contribution in [-0.2, 0) is 6.18 Å².